The van der Waals surface area contributed by atoms with Crippen LogP contribution in [0.2, 0.25) is 0 Å². The summed E-state index contributed by atoms with van der Waals surface area (Å²) in [5.41, 5.74) is 2.33. The molecule has 0 fully saturated rings. The number of hydrogen-bond acceptors (Lipinski definition) is 4. The molecule has 1 amide bonds. The number of rotatable bonds is 7. The fraction of sp³-hybridized carbons (Fsp3) is 0.0833. The van der Waals surface area contributed by atoms with Crippen molar-refractivity contribution in [2.45, 2.75) is 6.61 Å². The number of halogens is 1. The van der Waals surface area contributed by atoms with Crippen LogP contribution in [0.25, 0.3) is 6.08 Å². The van der Waals surface area contributed by atoms with Crippen molar-refractivity contribution in [3.63, 3.8) is 0 Å². The molecule has 1 N–H and O–H groups in total. The molecule has 3 aromatic rings. The van der Waals surface area contributed by atoms with Crippen LogP contribution in [0, 0.1) is 14.9 Å². The van der Waals surface area contributed by atoms with Crippen molar-refractivity contribution in [3.8, 4) is 17.6 Å². The van der Waals surface area contributed by atoms with Gasteiger partial charge < -0.3 is 14.8 Å². The van der Waals surface area contributed by atoms with E-state index in [2.05, 4.69) is 27.9 Å². The Balaban J connectivity index is 1.74. The lowest BCUT2D eigenvalue weighted by molar-refractivity contribution is -0.112. The number of methoxy groups -OCH3 is 1. The van der Waals surface area contributed by atoms with E-state index >= 15 is 0 Å². The van der Waals surface area contributed by atoms with Crippen LogP contribution in [-0.4, -0.2) is 13.0 Å². The van der Waals surface area contributed by atoms with E-state index in [1.807, 2.05) is 48.5 Å². The van der Waals surface area contributed by atoms with Gasteiger partial charge in [-0.15, -0.1) is 0 Å². The average Bonchev–Trinajstić information content (AvgIpc) is 2.78. The lowest BCUT2D eigenvalue weighted by atomic mass is 10.1. The Hall–Kier alpha value is -3.31. The summed E-state index contributed by atoms with van der Waals surface area (Å²) in [5.74, 6) is 0.637. The lowest BCUT2D eigenvalue weighted by Gasteiger charge is -2.11. The minimum atomic E-state index is -0.470. The Morgan fingerprint density at radius 2 is 1.80 bits per heavy atom. The average molecular weight is 510 g/mol. The van der Waals surface area contributed by atoms with Crippen LogP contribution in [0.5, 0.6) is 11.5 Å². The Kier molecular flexibility index (Phi) is 7.46. The topological polar surface area (TPSA) is 71.3 Å². The van der Waals surface area contributed by atoms with Crippen LogP contribution in [-0.2, 0) is 11.4 Å². The van der Waals surface area contributed by atoms with E-state index in [-0.39, 0.29) is 5.57 Å². The summed E-state index contributed by atoms with van der Waals surface area (Å²) in [7, 11) is 1.55. The number of carbonyl (C=O) groups is 1. The van der Waals surface area contributed by atoms with Crippen LogP contribution >= 0.6 is 22.6 Å². The van der Waals surface area contributed by atoms with Crippen LogP contribution in [0.3, 0.4) is 0 Å². The van der Waals surface area contributed by atoms with Gasteiger partial charge in [0.05, 0.1) is 7.11 Å². The lowest BCUT2D eigenvalue weighted by Crippen LogP contribution is -2.13. The zero-order valence-corrected chi connectivity index (χ0v) is 18.4. The summed E-state index contributed by atoms with van der Waals surface area (Å²) in [4.78, 5) is 12.5. The van der Waals surface area contributed by atoms with E-state index in [1.165, 1.54) is 6.08 Å². The van der Waals surface area contributed by atoms with Gasteiger partial charge in [0, 0.05) is 9.26 Å². The van der Waals surface area contributed by atoms with E-state index in [4.69, 9.17) is 9.47 Å². The summed E-state index contributed by atoms with van der Waals surface area (Å²) in [6.45, 7) is 0.411. The summed E-state index contributed by atoms with van der Waals surface area (Å²) in [5, 5.41) is 12.2. The number of carbonyl (C=O) groups excluding carboxylic acids is 1. The van der Waals surface area contributed by atoms with Gasteiger partial charge in [0.15, 0.2) is 11.5 Å². The monoisotopic (exact) mass is 510 g/mol. The largest absolute Gasteiger partial charge is 0.493 e. The summed E-state index contributed by atoms with van der Waals surface area (Å²) in [6.07, 6.45) is 1.52. The molecule has 6 heteroatoms. The molecular weight excluding hydrogens is 491 g/mol. The van der Waals surface area contributed by atoms with E-state index in [1.54, 1.807) is 37.4 Å². The third-order valence-corrected chi connectivity index (χ3v) is 4.92. The number of hydrogen-bond donors (Lipinski definition) is 1. The highest BCUT2D eigenvalue weighted by atomic mass is 127. The van der Waals surface area contributed by atoms with Crippen molar-refractivity contribution in [2.24, 2.45) is 0 Å². The second-order valence-electron chi connectivity index (χ2n) is 6.32. The number of benzene rings is 3. The first-order chi connectivity index (χ1) is 14.6. The highest BCUT2D eigenvalue weighted by molar-refractivity contribution is 14.1. The number of nitrogens with one attached hydrogen (secondary N) is 1. The first kappa shape index (κ1) is 21.4. The molecule has 150 valence electrons. The molecule has 0 spiro atoms. The van der Waals surface area contributed by atoms with Gasteiger partial charge in [-0.1, -0.05) is 36.4 Å². The predicted molar refractivity (Wildman–Crippen MR) is 125 cm³/mol. The Morgan fingerprint density at radius 1 is 1.07 bits per heavy atom. The van der Waals surface area contributed by atoms with Crippen molar-refractivity contribution in [2.75, 3.05) is 12.4 Å². The maximum absolute atomic E-state index is 12.5. The van der Waals surface area contributed by atoms with Gasteiger partial charge in [-0.05, 0) is 76.2 Å². The van der Waals surface area contributed by atoms with Crippen molar-refractivity contribution >= 4 is 40.3 Å². The number of ether oxygens (including phenoxy) is 2. The Labute approximate surface area is 189 Å². The normalized spacial score (nSPS) is 10.8. The molecule has 0 saturated carbocycles. The van der Waals surface area contributed by atoms with Gasteiger partial charge in [0.25, 0.3) is 5.91 Å². The fourth-order valence-electron chi connectivity index (χ4n) is 2.68. The van der Waals surface area contributed by atoms with E-state index in [0.717, 1.165) is 9.13 Å². The van der Waals surface area contributed by atoms with Crippen molar-refractivity contribution in [1.82, 2.24) is 0 Å². The van der Waals surface area contributed by atoms with Crippen LogP contribution < -0.4 is 14.8 Å². The maximum Gasteiger partial charge on any atom is 0.266 e. The van der Waals surface area contributed by atoms with E-state index in [0.29, 0.717) is 29.4 Å². The molecule has 0 unspecified atom stereocenters. The molecule has 30 heavy (non-hydrogen) atoms. The molecule has 0 aliphatic carbocycles. The molecule has 0 atom stereocenters. The van der Waals surface area contributed by atoms with E-state index in [9.17, 15) is 10.1 Å². The first-order valence-corrected chi connectivity index (χ1v) is 10.2. The molecule has 0 saturated heterocycles. The fourth-order valence-corrected chi connectivity index (χ4v) is 3.04. The Morgan fingerprint density at radius 3 is 2.47 bits per heavy atom. The molecular formula is C24H19IN2O3. The zero-order valence-electron chi connectivity index (χ0n) is 16.3. The highest BCUT2D eigenvalue weighted by Gasteiger charge is 2.11. The molecule has 0 aromatic heterocycles. The van der Waals surface area contributed by atoms with Gasteiger partial charge in [0.2, 0.25) is 0 Å². The number of anilines is 1. The van der Waals surface area contributed by atoms with Crippen molar-refractivity contribution in [3.05, 3.63) is 93.1 Å². The molecule has 0 bridgehead atoms. The van der Waals surface area contributed by atoms with Crippen molar-refractivity contribution in [1.29, 1.82) is 5.26 Å². The third kappa shape index (κ3) is 5.84. The van der Waals surface area contributed by atoms with Gasteiger partial charge >= 0.3 is 0 Å². The molecule has 3 rings (SSSR count). The molecule has 0 aliphatic rings. The summed E-state index contributed by atoms with van der Waals surface area (Å²) < 4.78 is 12.3. The number of nitriles is 1. The number of nitrogens with zero attached hydrogens (tertiary/aromatic N) is 1. The van der Waals surface area contributed by atoms with Crippen LogP contribution in [0.15, 0.2) is 78.4 Å². The van der Waals surface area contributed by atoms with Gasteiger partial charge in [-0.3, -0.25) is 4.79 Å². The smallest absolute Gasteiger partial charge is 0.266 e. The molecule has 0 radical (unpaired) electrons. The van der Waals surface area contributed by atoms with Crippen LogP contribution in [0.4, 0.5) is 5.69 Å². The minimum absolute atomic E-state index is 0.00597. The third-order valence-electron chi connectivity index (χ3n) is 4.20. The zero-order chi connectivity index (χ0) is 21.3. The minimum Gasteiger partial charge on any atom is -0.493 e. The standard InChI is InChI=1S/C24H19IN2O3/c1-29-23-14-18(7-12-22(23)30-16-17-5-3-2-4-6-17)13-19(15-26)24(28)27-21-10-8-20(25)9-11-21/h2-14H,16H2,1H3,(H,27,28)/b19-13-. The molecule has 0 heterocycles. The number of amides is 1. The quantitative estimate of drug-likeness (QED) is 0.262. The summed E-state index contributed by atoms with van der Waals surface area (Å²) in [6, 6.07) is 24.4. The Bertz CT molecular complexity index is 1090. The van der Waals surface area contributed by atoms with Gasteiger partial charge in [0.1, 0.15) is 18.2 Å². The first-order valence-electron chi connectivity index (χ1n) is 9.12. The second kappa shape index (κ2) is 10.5. The summed E-state index contributed by atoms with van der Waals surface area (Å²) >= 11 is 2.19. The second-order valence-corrected chi connectivity index (χ2v) is 7.56. The van der Waals surface area contributed by atoms with Gasteiger partial charge in [-0.2, -0.15) is 5.26 Å². The van der Waals surface area contributed by atoms with E-state index < -0.39 is 5.91 Å². The maximum atomic E-state index is 12.5. The molecule has 5 nitrogen and oxygen atoms in total. The van der Waals surface area contributed by atoms with Crippen LogP contribution in [0.1, 0.15) is 11.1 Å². The SMILES string of the molecule is COc1cc(/C=C(/C#N)C(=O)Nc2ccc(I)cc2)ccc1OCc1ccccc1. The molecule has 3 aromatic carbocycles. The van der Waals surface area contributed by atoms with Crippen molar-refractivity contribution < 1.29 is 14.3 Å². The predicted octanol–water partition coefficient (Wildman–Crippen LogP) is 5.42. The molecule has 0 aliphatic heterocycles. The van der Waals surface area contributed by atoms with Gasteiger partial charge in [-0.25, -0.2) is 0 Å². The highest BCUT2D eigenvalue weighted by Crippen LogP contribution is 2.29.